The van der Waals surface area contributed by atoms with Crippen molar-refractivity contribution >= 4 is 28.2 Å². The van der Waals surface area contributed by atoms with Gasteiger partial charge in [0, 0.05) is 28.3 Å². The van der Waals surface area contributed by atoms with Crippen LogP contribution in [0.5, 0.6) is 0 Å². The Balaban J connectivity index is 2.09. The lowest BCUT2D eigenvalue weighted by Gasteiger charge is -2.23. The van der Waals surface area contributed by atoms with Gasteiger partial charge in [-0.2, -0.15) is 0 Å². The Hall–Kier alpha value is -0.680. The second-order valence-corrected chi connectivity index (χ2v) is 6.41. The summed E-state index contributed by atoms with van der Waals surface area (Å²) in [5.74, 6) is 2.34. The van der Waals surface area contributed by atoms with E-state index in [4.69, 9.17) is 11.6 Å². The number of anilines is 1. The molecule has 0 bridgehead atoms. The Morgan fingerprint density at radius 3 is 2.53 bits per heavy atom. The molecule has 0 saturated carbocycles. The molecule has 6 heteroatoms. The van der Waals surface area contributed by atoms with Gasteiger partial charge in [0.15, 0.2) is 11.0 Å². The number of nitrogens with zero attached hydrogens (tertiary/aromatic N) is 2. The van der Waals surface area contributed by atoms with Gasteiger partial charge in [-0.15, -0.1) is 10.2 Å². The average Bonchev–Trinajstić information content (AvgIpc) is 2.33. The van der Waals surface area contributed by atoms with Gasteiger partial charge in [-0.25, -0.2) is 0 Å². The van der Waals surface area contributed by atoms with Gasteiger partial charge in [-0.05, 0) is 37.8 Å². The molecule has 1 saturated heterocycles. The number of halogens is 1. The molecule has 0 spiro atoms. The van der Waals surface area contributed by atoms with Gasteiger partial charge in [-0.1, -0.05) is 11.6 Å². The summed E-state index contributed by atoms with van der Waals surface area (Å²) in [5.41, 5.74) is 2.00. The molecule has 2 heterocycles. The van der Waals surface area contributed by atoms with Crippen LogP contribution < -0.4 is 5.32 Å². The zero-order valence-electron chi connectivity index (χ0n) is 9.99. The summed E-state index contributed by atoms with van der Waals surface area (Å²) in [6.45, 7) is 3.92. The molecule has 0 atom stereocenters. The molecule has 1 aliphatic heterocycles. The number of aromatic nitrogens is 2. The summed E-state index contributed by atoms with van der Waals surface area (Å²) in [6.07, 6.45) is 1.85. The topological polar surface area (TPSA) is 54.9 Å². The van der Waals surface area contributed by atoms with E-state index >= 15 is 0 Å². The lowest BCUT2D eigenvalue weighted by molar-refractivity contribution is 0.621. The van der Waals surface area contributed by atoms with Crippen LogP contribution in [0.1, 0.15) is 24.0 Å². The minimum atomic E-state index is -0.629. The summed E-state index contributed by atoms with van der Waals surface area (Å²) in [4.78, 5) is 0. The first-order valence-electron chi connectivity index (χ1n) is 5.69. The van der Waals surface area contributed by atoms with Crippen LogP contribution in [0.25, 0.3) is 0 Å². The van der Waals surface area contributed by atoms with Gasteiger partial charge in [0.25, 0.3) is 0 Å². The van der Waals surface area contributed by atoms with Gasteiger partial charge < -0.3 is 5.32 Å². The fourth-order valence-corrected chi connectivity index (χ4v) is 3.32. The molecule has 17 heavy (non-hydrogen) atoms. The Kier molecular flexibility index (Phi) is 3.99. The fraction of sp³-hybridized carbons (Fsp3) is 0.636. The molecule has 0 aliphatic carbocycles. The van der Waals surface area contributed by atoms with Crippen LogP contribution in [0.3, 0.4) is 0 Å². The van der Waals surface area contributed by atoms with Crippen LogP contribution in [-0.2, 0) is 10.8 Å². The maximum absolute atomic E-state index is 11.3. The highest BCUT2D eigenvalue weighted by Gasteiger charge is 2.19. The molecular formula is C11H16ClN3OS. The summed E-state index contributed by atoms with van der Waals surface area (Å²) in [7, 11) is -0.629. The largest absolute Gasteiger partial charge is 0.366 e. The van der Waals surface area contributed by atoms with E-state index in [1.54, 1.807) is 0 Å². The van der Waals surface area contributed by atoms with E-state index in [1.165, 1.54) is 0 Å². The maximum atomic E-state index is 11.3. The van der Waals surface area contributed by atoms with E-state index in [-0.39, 0.29) is 0 Å². The second-order valence-electron chi connectivity index (χ2n) is 4.36. The molecule has 1 fully saturated rings. The van der Waals surface area contributed by atoms with E-state index in [0.717, 1.165) is 41.3 Å². The summed E-state index contributed by atoms with van der Waals surface area (Å²) in [5, 5.41) is 11.8. The Morgan fingerprint density at radius 1 is 1.24 bits per heavy atom. The molecule has 4 nitrogen and oxygen atoms in total. The molecule has 0 amide bonds. The van der Waals surface area contributed by atoms with Crippen LogP contribution in [0, 0.1) is 13.8 Å². The smallest absolute Gasteiger partial charge is 0.155 e. The van der Waals surface area contributed by atoms with Crippen molar-refractivity contribution in [2.75, 3.05) is 16.8 Å². The summed E-state index contributed by atoms with van der Waals surface area (Å²) >= 11 is 5.91. The lowest BCUT2D eigenvalue weighted by Crippen LogP contribution is -2.30. The number of hydrogen-bond donors (Lipinski definition) is 1. The van der Waals surface area contributed by atoms with Crippen LogP contribution in [0.4, 0.5) is 5.82 Å². The summed E-state index contributed by atoms with van der Waals surface area (Å²) in [6, 6.07) is 0.348. The quantitative estimate of drug-likeness (QED) is 0.896. The first-order chi connectivity index (χ1) is 8.08. The van der Waals surface area contributed by atoms with Crippen LogP contribution in [-0.4, -0.2) is 32.0 Å². The highest BCUT2D eigenvalue weighted by molar-refractivity contribution is 7.85. The third kappa shape index (κ3) is 2.96. The van der Waals surface area contributed by atoms with Crippen molar-refractivity contribution in [3.8, 4) is 0 Å². The van der Waals surface area contributed by atoms with E-state index in [0.29, 0.717) is 11.2 Å². The van der Waals surface area contributed by atoms with Crippen molar-refractivity contribution in [1.29, 1.82) is 0 Å². The van der Waals surface area contributed by atoms with E-state index in [9.17, 15) is 4.21 Å². The second kappa shape index (κ2) is 5.31. The molecule has 2 rings (SSSR count). The normalized spacial score (nSPS) is 24.6. The zero-order chi connectivity index (χ0) is 12.4. The minimum absolute atomic E-state index is 0.348. The SMILES string of the molecule is Cc1c(Cl)nnc(NC2CCS(=O)CC2)c1C. The molecule has 1 aromatic heterocycles. The van der Waals surface area contributed by atoms with Gasteiger partial charge in [-0.3, -0.25) is 4.21 Å². The molecule has 94 valence electrons. The van der Waals surface area contributed by atoms with Gasteiger partial charge in [0.05, 0.1) is 0 Å². The number of rotatable bonds is 2. The van der Waals surface area contributed by atoms with Crippen LogP contribution in [0.15, 0.2) is 0 Å². The van der Waals surface area contributed by atoms with Crippen molar-refractivity contribution in [3.63, 3.8) is 0 Å². The predicted molar refractivity (Wildman–Crippen MR) is 71.0 cm³/mol. The van der Waals surface area contributed by atoms with Crippen molar-refractivity contribution < 1.29 is 4.21 Å². The molecule has 0 aromatic carbocycles. The third-order valence-corrected chi connectivity index (χ3v) is 4.93. The van der Waals surface area contributed by atoms with E-state index < -0.39 is 10.8 Å². The molecule has 1 aromatic rings. The van der Waals surface area contributed by atoms with Crippen molar-refractivity contribution in [2.24, 2.45) is 0 Å². The Labute approximate surface area is 109 Å². The highest BCUT2D eigenvalue weighted by atomic mass is 35.5. The van der Waals surface area contributed by atoms with Gasteiger partial charge >= 0.3 is 0 Å². The molecule has 1 N–H and O–H groups in total. The number of nitrogens with one attached hydrogen (secondary N) is 1. The summed E-state index contributed by atoms with van der Waals surface area (Å²) < 4.78 is 11.3. The zero-order valence-corrected chi connectivity index (χ0v) is 11.6. The van der Waals surface area contributed by atoms with E-state index in [1.807, 2.05) is 13.8 Å². The number of hydrogen-bond acceptors (Lipinski definition) is 4. The average molecular weight is 274 g/mol. The predicted octanol–water partition coefficient (Wildman–Crippen LogP) is 2.07. The Morgan fingerprint density at radius 2 is 1.88 bits per heavy atom. The van der Waals surface area contributed by atoms with Crippen molar-refractivity contribution in [2.45, 2.75) is 32.7 Å². The van der Waals surface area contributed by atoms with Crippen molar-refractivity contribution in [3.05, 3.63) is 16.3 Å². The lowest BCUT2D eigenvalue weighted by atomic mass is 10.1. The Bertz CT molecular complexity index is 443. The molecular weight excluding hydrogens is 258 g/mol. The van der Waals surface area contributed by atoms with E-state index in [2.05, 4.69) is 15.5 Å². The standard InChI is InChI=1S/C11H16ClN3OS/c1-7-8(2)11(15-14-10(7)12)13-9-3-5-17(16)6-4-9/h9H,3-6H2,1-2H3,(H,13,15). The monoisotopic (exact) mass is 273 g/mol. The minimum Gasteiger partial charge on any atom is -0.366 e. The fourth-order valence-electron chi connectivity index (χ4n) is 1.84. The third-order valence-electron chi connectivity index (χ3n) is 3.19. The highest BCUT2D eigenvalue weighted by Crippen LogP contribution is 2.22. The van der Waals surface area contributed by atoms with Crippen LogP contribution >= 0.6 is 11.6 Å². The van der Waals surface area contributed by atoms with Crippen molar-refractivity contribution in [1.82, 2.24) is 10.2 Å². The maximum Gasteiger partial charge on any atom is 0.155 e. The molecule has 0 unspecified atom stereocenters. The first-order valence-corrected chi connectivity index (χ1v) is 7.55. The molecule has 1 aliphatic rings. The first kappa shape index (κ1) is 12.8. The van der Waals surface area contributed by atoms with Gasteiger partial charge in [0.1, 0.15) is 0 Å². The van der Waals surface area contributed by atoms with Crippen LogP contribution in [0.2, 0.25) is 5.15 Å². The van der Waals surface area contributed by atoms with Gasteiger partial charge in [0.2, 0.25) is 0 Å². The molecule has 0 radical (unpaired) electrons.